The fraction of sp³-hybridized carbons (Fsp3) is 0.529. The highest BCUT2D eigenvalue weighted by Gasteiger charge is 2.24. The Morgan fingerprint density at radius 1 is 1.21 bits per heavy atom. The van der Waals surface area contributed by atoms with Crippen LogP contribution in [0.25, 0.3) is 0 Å². The molecule has 0 bridgehead atoms. The Labute approximate surface area is 142 Å². The molecule has 0 aromatic heterocycles. The molecule has 0 radical (unpaired) electrons. The molecular formula is C17H26N4O3. The van der Waals surface area contributed by atoms with E-state index in [9.17, 15) is 9.59 Å². The number of hydrogen-bond acceptors (Lipinski definition) is 4. The van der Waals surface area contributed by atoms with Crippen molar-refractivity contribution < 1.29 is 14.3 Å². The van der Waals surface area contributed by atoms with Gasteiger partial charge in [-0.2, -0.15) is 0 Å². The molecular weight excluding hydrogens is 308 g/mol. The van der Waals surface area contributed by atoms with Crippen LogP contribution in [0.4, 0.5) is 16.2 Å². The van der Waals surface area contributed by atoms with Crippen LogP contribution in [-0.2, 0) is 9.53 Å². The zero-order valence-electron chi connectivity index (χ0n) is 14.7. The van der Waals surface area contributed by atoms with Gasteiger partial charge in [0.15, 0.2) is 0 Å². The van der Waals surface area contributed by atoms with Gasteiger partial charge in [0.25, 0.3) is 0 Å². The number of anilines is 2. The highest BCUT2D eigenvalue weighted by molar-refractivity contribution is 5.95. The van der Waals surface area contributed by atoms with E-state index in [1.165, 1.54) is 4.90 Å². The van der Waals surface area contributed by atoms with E-state index >= 15 is 0 Å². The number of rotatable bonds is 4. The van der Waals surface area contributed by atoms with Crippen LogP contribution in [0, 0.1) is 0 Å². The van der Waals surface area contributed by atoms with Gasteiger partial charge in [-0.3, -0.25) is 4.79 Å². The Morgan fingerprint density at radius 2 is 1.83 bits per heavy atom. The summed E-state index contributed by atoms with van der Waals surface area (Å²) in [5, 5.41) is 5.40. The Hall–Kier alpha value is -2.28. The number of nitrogens with zero attached hydrogens (tertiary/aromatic N) is 2. The fourth-order valence-electron chi connectivity index (χ4n) is 2.71. The molecule has 1 aromatic rings. The summed E-state index contributed by atoms with van der Waals surface area (Å²) in [4.78, 5) is 27.3. The van der Waals surface area contributed by atoms with E-state index in [1.54, 1.807) is 14.1 Å². The molecule has 1 fully saturated rings. The lowest BCUT2D eigenvalue weighted by molar-refractivity contribution is -0.127. The molecule has 1 heterocycles. The van der Waals surface area contributed by atoms with Crippen molar-refractivity contribution >= 4 is 23.3 Å². The lowest BCUT2D eigenvalue weighted by Crippen LogP contribution is -2.46. The molecule has 2 N–H and O–H groups in total. The van der Waals surface area contributed by atoms with Gasteiger partial charge in [-0.25, -0.2) is 4.79 Å². The van der Waals surface area contributed by atoms with E-state index < -0.39 is 6.03 Å². The summed E-state index contributed by atoms with van der Waals surface area (Å²) in [5.41, 5.74) is 1.67. The summed E-state index contributed by atoms with van der Waals surface area (Å²) < 4.78 is 5.76. The number of carbonyl (C=O) groups excluding carboxylic acids is 2. The van der Waals surface area contributed by atoms with E-state index in [2.05, 4.69) is 15.5 Å². The lowest BCUT2D eigenvalue weighted by Gasteiger charge is -2.37. The third-order valence-electron chi connectivity index (χ3n) is 3.81. The number of hydrogen-bond donors (Lipinski definition) is 2. The Kier molecular flexibility index (Phi) is 6.03. The predicted octanol–water partition coefficient (Wildman–Crippen LogP) is 1.51. The van der Waals surface area contributed by atoms with Crippen LogP contribution in [0.2, 0.25) is 0 Å². The van der Waals surface area contributed by atoms with Crippen LogP contribution in [0.15, 0.2) is 24.3 Å². The second-order valence-corrected chi connectivity index (χ2v) is 6.28. The second-order valence-electron chi connectivity index (χ2n) is 6.28. The standard InChI is InChI=1S/C17H26N4O3/c1-12-10-21(11-13(2)24-12)15-8-6-5-7-14(15)19-17(23)18-9-16(22)20(3)4/h5-8,12-13H,9-11H2,1-4H3,(H2,18,19,23). The number of ether oxygens (including phenoxy) is 1. The summed E-state index contributed by atoms with van der Waals surface area (Å²) in [5.74, 6) is -0.158. The average Bonchev–Trinajstić information content (AvgIpc) is 2.52. The van der Waals surface area contributed by atoms with Crippen molar-refractivity contribution in [1.29, 1.82) is 0 Å². The quantitative estimate of drug-likeness (QED) is 0.875. The van der Waals surface area contributed by atoms with Crippen LogP contribution >= 0.6 is 0 Å². The van der Waals surface area contributed by atoms with Crippen LogP contribution in [-0.4, -0.2) is 62.8 Å². The van der Waals surface area contributed by atoms with Crippen molar-refractivity contribution in [2.24, 2.45) is 0 Å². The minimum absolute atomic E-state index is 0.0351. The Morgan fingerprint density at radius 3 is 2.46 bits per heavy atom. The summed E-state index contributed by atoms with van der Waals surface area (Å²) in [7, 11) is 3.30. The van der Waals surface area contributed by atoms with Gasteiger partial charge in [0.2, 0.25) is 5.91 Å². The molecule has 3 amide bonds. The van der Waals surface area contributed by atoms with Crippen molar-refractivity contribution in [3.05, 3.63) is 24.3 Å². The van der Waals surface area contributed by atoms with Crippen LogP contribution in [0.5, 0.6) is 0 Å². The molecule has 2 rings (SSSR count). The van der Waals surface area contributed by atoms with Gasteiger partial charge < -0.3 is 25.2 Å². The van der Waals surface area contributed by atoms with Gasteiger partial charge in [-0.15, -0.1) is 0 Å². The van der Waals surface area contributed by atoms with Gasteiger partial charge in [0, 0.05) is 27.2 Å². The number of nitrogens with one attached hydrogen (secondary N) is 2. The molecule has 0 aliphatic carbocycles. The van der Waals surface area contributed by atoms with Gasteiger partial charge in [-0.05, 0) is 26.0 Å². The molecule has 7 heteroatoms. The molecule has 2 atom stereocenters. The van der Waals surface area contributed by atoms with Crippen molar-refractivity contribution in [3.8, 4) is 0 Å². The van der Waals surface area contributed by atoms with E-state index in [-0.39, 0.29) is 24.7 Å². The first-order valence-corrected chi connectivity index (χ1v) is 8.11. The summed E-state index contributed by atoms with van der Waals surface area (Å²) >= 11 is 0. The van der Waals surface area contributed by atoms with Crippen LogP contribution in [0.3, 0.4) is 0 Å². The smallest absolute Gasteiger partial charge is 0.319 e. The highest BCUT2D eigenvalue weighted by Crippen LogP contribution is 2.28. The van der Waals surface area contributed by atoms with Gasteiger partial charge >= 0.3 is 6.03 Å². The van der Waals surface area contributed by atoms with E-state index in [0.29, 0.717) is 5.69 Å². The van der Waals surface area contributed by atoms with E-state index in [4.69, 9.17) is 4.74 Å². The first-order valence-electron chi connectivity index (χ1n) is 8.11. The third-order valence-corrected chi connectivity index (χ3v) is 3.81. The molecule has 0 spiro atoms. The second kappa shape index (κ2) is 8.01. The monoisotopic (exact) mass is 334 g/mol. The summed E-state index contributed by atoms with van der Waals surface area (Å²) in [6, 6.07) is 7.25. The zero-order valence-corrected chi connectivity index (χ0v) is 14.7. The number of urea groups is 1. The largest absolute Gasteiger partial charge is 0.372 e. The SMILES string of the molecule is CC1CN(c2ccccc2NC(=O)NCC(=O)N(C)C)CC(C)O1. The van der Waals surface area contributed by atoms with Crippen molar-refractivity contribution in [3.63, 3.8) is 0 Å². The van der Waals surface area contributed by atoms with Crippen molar-refractivity contribution in [1.82, 2.24) is 10.2 Å². The topological polar surface area (TPSA) is 73.9 Å². The Bertz CT molecular complexity index is 581. The summed E-state index contributed by atoms with van der Waals surface area (Å²) in [6.07, 6.45) is 0.265. The minimum atomic E-state index is -0.396. The van der Waals surface area contributed by atoms with Gasteiger partial charge in [0.1, 0.15) is 0 Å². The maximum atomic E-state index is 12.1. The normalized spacial score (nSPS) is 20.4. The van der Waals surface area contributed by atoms with E-state index in [0.717, 1.165) is 18.8 Å². The van der Waals surface area contributed by atoms with Gasteiger partial charge in [-0.1, -0.05) is 12.1 Å². The molecule has 2 unspecified atom stereocenters. The van der Waals surface area contributed by atoms with E-state index in [1.807, 2.05) is 38.1 Å². The number of benzene rings is 1. The predicted molar refractivity (Wildman–Crippen MR) is 94.4 cm³/mol. The first kappa shape index (κ1) is 18.1. The number of amides is 3. The number of para-hydroxylation sites is 2. The van der Waals surface area contributed by atoms with Gasteiger partial charge in [0.05, 0.1) is 30.1 Å². The molecule has 7 nitrogen and oxygen atoms in total. The lowest BCUT2D eigenvalue weighted by atomic mass is 10.1. The maximum Gasteiger partial charge on any atom is 0.319 e. The number of carbonyl (C=O) groups is 2. The molecule has 1 aliphatic heterocycles. The van der Waals surface area contributed by atoms with Crippen molar-refractivity contribution in [2.45, 2.75) is 26.1 Å². The molecule has 132 valence electrons. The minimum Gasteiger partial charge on any atom is -0.372 e. The first-order chi connectivity index (χ1) is 11.4. The maximum absolute atomic E-state index is 12.1. The summed E-state index contributed by atoms with van der Waals surface area (Å²) in [6.45, 7) is 5.58. The number of likely N-dealkylation sites (N-methyl/N-ethyl adjacent to an activating group) is 1. The van der Waals surface area contributed by atoms with Crippen LogP contribution < -0.4 is 15.5 Å². The average molecular weight is 334 g/mol. The van der Waals surface area contributed by atoms with Crippen LogP contribution in [0.1, 0.15) is 13.8 Å². The fourth-order valence-corrected chi connectivity index (χ4v) is 2.71. The molecule has 1 aliphatic rings. The third kappa shape index (κ3) is 4.86. The number of morpholine rings is 1. The Balaban J connectivity index is 2.03. The molecule has 0 saturated carbocycles. The molecule has 1 saturated heterocycles. The zero-order chi connectivity index (χ0) is 17.7. The van der Waals surface area contributed by atoms with Crippen molar-refractivity contribution in [2.75, 3.05) is 43.9 Å². The molecule has 24 heavy (non-hydrogen) atoms. The highest BCUT2D eigenvalue weighted by atomic mass is 16.5. The molecule has 1 aromatic carbocycles.